The zero-order valence-corrected chi connectivity index (χ0v) is 12.9. The minimum Gasteiger partial charge on any atom is -0.368 e. The van der Waals surface area contributed by atoms with Gasteiger partial charge in [0.1, 0.15) is 0 Å². The third-order valence-corrected chi connectivity index (χ3v) is 3.92. The first-order valence-corrected chi connectivity index (χ1v) is 7.24. The molecule has 0 atom stereocenters. The molecule has 0 saturated carbocycles. The van der Waals surface area contributed by atoms with E-state index in [-0.39, 0.29) is 5.91 Å². The van der Waals surface area contributed by atoms with E-state index >= 15 is 0 Å². The molecule has 3 heteroatoms. The van der Waals surface area contributed by atoms with Crippen LogP contribution in [0.4, 0.5) is 5.69 Å². The summed E-state index contributed by atoms with van der Waals surface area (Å²) in [4.78, 5) is 16.3. The van der Waals surface area contributed by atoms with Gasteiger partial charge in [0.05, 0.1) is 0 Å². The lowest BCUT2D eigenvalue weighted by Gasteiger charge is -2.36. The van der Waals surface area contributed by atoms with Gasteiger partial charge in [-0.1, -0.05) is 17.7 Å². The van der Waals surface area contributed by atoms with Crippen molar-refractivity contribution in [1.29, 1.82) is 0 Å². The molecule has 3 nitrogen and oxygen atoms in total. The highest BCUT2D eigenvalue weighted by atomic mass is 16.2. The second-order valence-corrected chi connectivity index (χ2v) is 5.75. The molecule has 1 aromatic carbocycles. The number of rotatable bonds is 2. The van der Waals surface area contributed by atoms with Crippen LogP contribution in [0, 0.1) is 13.8 Å². The smallest absolute Gasteiger partial charge is 0.246 e. The van der Waals surface area contributed by atoms with Crippen LogP contribution >= 0.6 is 0 Å². The lowest BCUT2D eigenvalue weighted by atomic mass is 10.1. The summed E-state index contributed by atoms with van der Waals surface area (Å²) in [7, 11) is 0. The molecule has 0 N–H and O–H groups in total. The maximum atomic E-state index is 12.0. The van der Waals surface area contributed by atoms with Crippen molar-refractivity contribution in [1.82, 2.24) is 4.90 Å². The van der Waals surface area contributed by atoms with Crippen molar-refractivity contribution >= 4 is 11.6 Å². The van der Waals surface area contributed by atoms with Gasteiger partial charge < -0.3 is 9.80 Å². The van der Waals surface area contributed by atoms with Crippen molar-refractivity contribution in [3.05, 3.63) is 41.0 Å². The van der Waals surface area contributed by atoms with Gasteiger partial charge in [-0.05, 0) is 44.9 Å². The molecule has 0 aliphatic carbocycles. The van der Waals surface area contributed by atoms with Crippen LogP contribution in [0.5, 0.6) is 0 Å². The standard InChI is InChI=1S/C17H24N2O/c1-13(2)12-17(20)19-10-8-18(9-11-19)16-7-5-6-14(3)15(16)4/h5-7,12H,8-11H2,1-4H3. The Kier molecular flexibility index (Phi) is 4.48. The summed E-state index contributed by atoms with van der Waals surface area (Å²) in [5, 5.41) is 0. The SMILES string of the molecule is CC(C)=CC(=O)N1CCN(c2cccc(C)c2C)CC1. The molecule has 1 fully saturated rings. The molecular formula is C17H24N2O. The summed E-state index contributed by atoms with van der Waals surface area (Å²) in [5.74, 6) is 0.144. The minimum absolute atomic E-state index is 0.144. The molecule has 0 unspecified atom stereocenters. The molecule has 1 heterocycles. The van der Waals surface area contributed by atoms with Crippen LogP contribution in [0.1, 0.15) is 25.0 Å². The number of hydrogen-bond acceptors (Lipinski definition) is 2. The maximum absolute atomic E-state index is 12.0. The van der Waals surface area contributed by atoms with E-state index in [0.29, 0.717) is 0 Å². The molecule has 20 heavy (non-hydrogen) atoms. The first-order chi connectivity index (χ1) is 9.49. The van der Waals surface area contributed by atoms with E-state index in [1.54, 1.807) is 6.08 Å². The van der Waals surface area contributed by atoms with Gasteiger partial charge in [-0.2, -0.15) is 0 Å². The molecule has 1 amide bonds. The quantitative estimate of drug-likeness (QED) is 0.773. The van der Waals surface area contributed by atoms with Gasteiger partial charge in [-0.15, -0.1) is 0 Å². The van der Waals surface area contributed by atoms with Crippen LogP contribution in [0.25, 0.3) is 0 Å². The predicted molar refractivity (Wildman–Crippen MR) is 84.1 cm³/mol. The van der Waals surface area contributed by atoms with Crippen LogP contribution in [-0.2, 0) is 4.79 Å². The number of allylic oxidation sites excluding steroid dienone is 1. The first-order valence-electron chi connectivity index (χ1n) is 7.24. The number of piperazine rings is 1. The Hall–Kier alpha value is -1.77. The number of benzene rings is 1. The fraction of sp³-hybridized carbons (Fsp3) is 0.471. The molecule has 2 rings (SSSR count). The molecule has 1 aliphatic heterocycles. The normalized spacial score (nSPS) is 15.2. The third-order valence-electron chi connectivity index (χ3n) is 3.92. The highest BCUT2D eigenvalue weighted by Crippen LogP contribution is 2.23. The second kappa shape index (κ2) is 6.12. The number of nitrogens with zero attached hydrogens (tertiary/aromatic N) is 2. The molecule has 0 bridgehead atoms. The number of anilines is 1. The largest absolute Gasteiger partial charge is 0.368 e. The topological polar surface area (TPSA) is 23.6 Å². The van der Waals surface area contributed by atoms with E-state index in [1.165, 1.54) is 16.8 Å². The minimum atomic E-state index is 0.144. The maximum Gasteiger partial charge on any atom is 0.246 e. The molecule has 108 valence electrons. The number of carbonyl (C=O) groups is 1. The Morgan fingerprint density at radius 1 is 1.10 bits per heavy atom. The van der Waals surface area contributed by atoms with Gasteiger partial charge in [-0.25, -0.2) is 0 Å². The third kappa shape index (κ3) is 3.21. The van der Waals surface area contributed by atoms with Crippen molar-refractivity contribution in [3.8, 4) is 0 Å². The van der Waals surface area contributed by atoms with Gasteiger partial charge >= 0.3 is 0 Å². The van der Waals surface area contributed by atoms with E-state index in [2.05, 4.69) is 36.9 Å². The monoisotopic (exact) mass is 272 g/mol. The predicted octanol–water partition coefficient (Wildman–Crippen LogP) is 2.92. The van der Waals surface area contributed by atoms with Crippen LogP contribution in [0.3, 0.4) is 0 Å². The number of carbonyl (C=O) groups excluding carboxylic acids is 1. The first kappa shape index (κ1) is 14.6. The summed E-state index contributed by atoms with van der Waals surface area (Å²) in [6.45, 7) is 11.7. The van der Waals surface area contributed by atoms with Crippen molar-refractivity contribution in [2.75, 3.05) is 31.1 Å². The van der Waals surface area contributed by atoms with Crippen LogP contribution < -0.4 is 4.90 Å². The van der Waals surface area contributed by atoms with E-state index in [4.69, 9.17) is 0 Å². The number of aryl methyl sites for hydroxylation is 1. The highest BCUT2D eigenvalue weighted by molar-refractivity contribution is 5.88. The number of amides is 1. The van der Waals surface area contributed by atoms with Crippen LogP contribution in [-0.4, -0.2) is 37.0 Å². The Labute approximate surface area is 121 Å². The van der Waals surface area contributed by atoms with E-state index in [0.717, 1.165) is 31.8 Å². The summed E-state index contributed by atoms with van der Waals surface area (Å²) in [5.41, 5.74) is 5.04. The highest BCUT2D eigenvalue weighted by Gasteiger charge is 2.21. The summed E-state index contributed by atoms with van der Waals surface area (Å²) in [6, 6.07) is 6.43. The van der Waals surface area contributed by atoms with Crippen molar-refractivity contribution < 1.29 is 4.79 Å². The van der Waals surface area contributed by atoms with E-state index in [9.17, 15) is 4.79 Å². The van der Waals surface area contributed by atoms with Crippen molar-refractivity contribution in [2.24, 2.45) is 0 Å². The summed E-state index contributed by atoms with van der Waals surface area (Å²) in [6.07, 6.45) is 1.73. The Bertz CT molecular complexity index is 522. The van der Waals surface area contributed by atoms with Gasteiger partial charge in [0.25, 0.3) is 0 Å². The fourth-order valence-electron chi connectivity index (χ4n) is 2.58. The molecule has 1 aliphatic rings. The summed E-state index contributed by atoms with van der Waals surface area (Å²) < 4.78 is 0. The lowest BCUT2D eigenvalue weighted by molar-refractivity contribution is -0.126. The molecule has 1 aromatic rings. The van der Waals surface area contributed by atoms with Gasteiger partial charge in [0, 0.05) is 37.9 Å². The van der Waals surface area contributed by atoms with Gasteiger partial charge in [0.2, 0.25) is 5.91 Å². The Morgan fingerprint density at radius 2 is 1.75 bits per heavy atom. The average Bonchev–Trinajstić information content (AvgIpc) is 2.41. The summed E-state index contributed by atoms with van der Waals surface area (Å²) >= 11 is 0. The molecule has 1 saturated heterocycles. The van der Waals surface area contributed by atoms with Crippen molar-refractivity contribution in [2.45, 2.75) is 27.7 Å². The van der Waals surface area contributed by atoms with E-state index < -0.39 is 0 Å². The molecule has 0 spiro atoms. The zero-order chi connectivity index (χ0) is 14.7. The van der Waals surface area contributed by atoms with Crippen molar-refractivity contribution in [3.63, 3.8) is 0 Å². The van der Waals surface area contributed by atoms with Crippen LogP contribution in [0.15, 0.2) is 29.8 Å². The van der Waals surface area contributed by atoms with Crippen LogP contribution in [0.2, 0.25) is 0 Å². The molecule has 0 radical (unpaired) electrons. The number of hydrogen-bond donors (Lipinski definition) is 0. The van der Waals surface area contributed by atoms with Gasteiger partial charge in [-0.3, -0.25) is 4.79 Å². The Balaban J connectivity index is 2.03. The second-order valence-electron chi connectivity index (χ2n) is 5.75. The fourth-order valence-corrected chi connectivity index (χ4v) is 2.58. The lowest BCUT2D eigenvalue weighted by Crippen LogP contribution is -2.48. The van der Waals surface area contributed by atoms with E-state index in [1.807, 2.05) is 18.7 Å². The zero-order valence-electron chi connectivity index (χ0n) is 12.9. The molecule has 0 aromatic heterocycles. The Morgan fingerprint density at radius 3 is 2.35 bits per heavy atom. The van der Waals surface area contributed by atoms with Gasteiger partial charge in [0.15, 0.2) is 0 Å². The molecular weight excluding hydrogens is 248 g/mol. The average molecular weight is 272 g/mol.